The van der Waals surface area contributed by atoms with Gasteiger partial charge in [0.25, 0.3) is 0 Å². The summed E-state index contributed by atoms with van der Waals surface area (Å²) in [5.41, 5.74) is 4.76. The van der Waals surface area contributed by atoms with Crippen molar-refractivity contribution in [2.75, 3.05) is 13.1 Å². The van der Waals surface area contributed by atoms with Crippen LogP contribution in [-0.4, -0.2) is 13.1 Å². The minimum absolute atomic E-state index is 0.797. The van der Waals surface area contributed by atoms with E-state index in [9.17, 15) is 0 Å². The fraction of sp³-hybridized carbons (Fsp3) is 0.500. The van der Waals surface area contributed by atoms with Crippen molar-refractivity contribution in [3.63, 3.8) is 0 Å². The Morgan fingerprint density at radius 2 is 1.92 bits per heavy atom. The lowest BCUT2D eigenvalue weighted by Crippen LogP contribution is -2.39. The molecule has 1 heteroatoms. The largest absolute Gasteiger partial charge is 0.315 e. The van der Waals surface area contributed by atoms with Gasteiger partial charge in [-0.3, -0.25) is 0 Å². The van der Waals surface area contributed by atoms with Crippen LogP contribution in [0.3, 0.4) is 0 Å². The molecule has 1 nitrogen and oxygen atoms in total. The van der Waals surface area contributed by atoms with E-state index in [0.717, 1.165) is 5.92 Å². The molecule has 1 N–H and O–H groups in total. The standard InChI is InChI=1S/C12H15N/c1-2-9-4-5-11(6-10(9)3-1)12-7-13-8-12/h4-6,12-13H,1-3,7-8H2. The van der Waals surface area contributed by atoms with Crippen molar-refractivity contribution in [3.05, 3.63) is 34.9 Å². The summed E-state index contributed by atoms with van der Waals surface area (Å²) in [6, 6.07) is 7.11. The molecule has 0 atom stereocenters. The summed E-state index contributed by atoms with van der Waals surface area (Å²) in [6.45, 7) is 2.36. The predicted octanol–water partition coefficient (Wildman–Crippen LogP) is 1.86. The normalized spacial score (nSPS) is 21.2. The minimum Gasteiger partial charge on any atom is -0.315 e. The molecule has 0 amide bonds. The van der Waals surface area contributed by atoms with Crippen molar-refractivity contribution in [2.24, 2.45) is 0 Å². The van der Waals surface area contributed by atoms with Crippen LogP contribution < -0.4 is 5.32 Å². The fourth-order valence-electron chi connectivity index (χ4n) is 2.37. The number of fused-ring (bicyclic) bond motifs is 1. The minimum atomic E-state index is 0.797. The number of hydrogen-bond donors (Lipinski definition) is 1. The molecular weight excluding hydrogens is 158 g/mol. The van der Waals surface area contributed by atoms with Crippen molar-refractivity contribution in [3.8, 4) is 0 Å². The van der Waals surface area contributed by atoms with Crippen molar-refractivity contribution in [1.29, 1.82) is 0 Å². The van der Waals surface area contributed by atoms with Crippen LogP contribution >= 0.6 is 0 Å². The number of rotatable bonds is 1. The molecule has 2 aliphatic rings. The Labute approximate surface area is 79.2 Å². The Morgan fingerprint density at radius 3 is 2.69 bits per heavy atom. The van der Waals surface area contributed by atoms with Gasteiger partial charge < -0.3 is 5.32 Å². The molecule has 0 bridgehead atoms. The molecule has 1 aromatic rings. The van der Waals surface area contributed by atoms with Crippen LogP contribution in [-0.2, 0) is 12.8 Å². The van der Waals surface area contributed by atoms with Gasteiger partial charge in [-0.05, 0) is 36.0 Å². The van der Waals surface area contributed by atoms with Crippen molar-refractivity contribution in [1.82, 2.24) is 5.32 Å². The summed E-state index contributed by atoms with van der Waals surface area (Å²) < 4.78 is 0. The number of hydrogen-bond acceptors (Lipinski definition) is 1. The number of aryl methyl sites for hydroxylation is 2. The molecule has 0 radical (unpaired) electrons. The molecule has 13 heavy (non-hydrogen) atoms. The van der Waals surface area contributed by atoms with Crippen LogP contribution in [0.25, 0.3) is 0 Å². The van der Waals surface area contributed by atoms with Crippen LogP contribution in [0.15, 0.2) is 18.2 Å². The first-order chi connectivity index (χ1) is 6.43. The van der Waals surface area contributed by atoms with Gasteiger partial charge in [0.05, 0.1) is 0 Å². The number of nitrogens with one attached hydrogen (secondary N) is 1. The fourth-order valence-corrected chi connectivity index (χ4v) is 2.37. The van der Waals surface area contributed by atoms with Gasteiger partial charge >= 0.3 is 0 Å². The monoisotopic (exact) mass is 173 g/mol. The average molecular weight is 173 g/mol. The van der Waals surface area contributed by atoms with E-state index in [-0.39, 0.29) is 0 Å². The summed E-state index contributed by atoms with van der Waals surface area (Å²) >= 11 is 0. The SMILES string of the molecule is c1cc2c(cc1C1CNC1)CCC2. The van der Waals surface area contributed by atoms with E-state index in [1.807, 2.05) is 0 Å². The highest BCUT2D eigenvalue weighted by molar-refractivity contribution is 5.37. The Morgan fingerprint density at radius 1 is 1.08 bits per heavy atom. The summed E-state index contributed by atoms with van der Waals surface area (Å²) in [7, 11) is 0. The zero-order valence-corrected chi connectivity index (χ0v) is 7.84. The van der Waals surface area contributed by atoms with Gasteiger partial charge in [-0.25, -0.2) is 0 Å². The lowest BCUT2D eigenvalue weighted by Gasteiger charge is -2.27. The number of benzene rings is 1. The lowest BCUT2D eigenvalue weighted by atomic mass is 9.91. The highest BCUT2D eigenvalue weighted by Crippen LogP contribution is 2.27. The van der Waals surface area contributed by atoms with Crippen molar-refractivity contribution >= 4 is 0 Å². The van der Waals surface area contributed by atoms with Crippen LogP contribution in [0.4, 0.5) is 0 Å². The highest BCUT2D eigenvalue weighted by Gasteiger charge is 2.20. The van der Waals surface area contributed by atoms with E-state index in [1.165, 1.54) is 32.4 Å². The molecule has 0 aromatic heterocycles. The second-order valence-corrected chi connectivity index (χ2v) is 4.24. The topological polar surface area (TPSA) is 12.0 Å². The molecule has 0 unspecified atom stereocenters. The smallest absolute Gasteiger partial charge is 0.00886 e. The van der Waals surface area contributed by atoms with Gasteiger partial charge in [-0.2, -0.15) is 0 Å². The highest BCUT2D eigenvalue weighted by atomic mass is 14.9. The summed E-state index contributed by atoms with van der Waals surface area (Å²) in [5, 5.41) is 3.33. The quantitative estimate of drug-likeness (QED) is 0.683. The second-order valence-electron chi connectivity index (χ2n) is 4.24. The molecule has 1 heterocycles. The van der Waals surface area contributed by atoms with Crippen LogP contribution in [0.1, 0.15) is 29.0 Å². The van der Waals surface area contributed by atoms with E-state index in [2.05, 4.69) is 23.5 Å². The van der Waals surface area contributed by atoms with Crippen LogP contribution in [0.5, 0.6) is 0 Å². The second kappa shape index (κ2) is 2.85. The molecular formula is C12H15N. The van der Waals surface area contributed by atoms with Crippen molar-refractivity contribution < 1.29 is 0 Å². The van der Waals surface area contributed by atoms with Crippen molar-refractivity contribution in [2.45, 2.75) is 25.2 Å². The van der Waals surface area contributed by atoms with Crippen LogP contribution in [0.2, 0.25) is 0 Å². The first-order valence-corrected chi connectivity index (χ1v) is 5.26. The summed E-state index contributed by atoms with van der Waals surface area (Å²) in [4.78, 5) is 0. The van der Waals surface area contributed by atoms with E-state index in [1.54, 1.807) is 16.7 Å². The molecule has 3 rings (SSSR count). The maximum atomic E-state index is 3.33. The van der Waals surface area contributed by atoms with Gasteiger partial charge in [0.15, 0.2) is 0 Å². The summed E-state index contributed by atoms with van der Waals surface area (Å²) in [5.74, 6) is 0.797. The predicted molar refractivity (Wildman–Crippen MR) is 54.1 cm³/mol. The van der Waals surface area contributed by atoms with E-state index >= 15 is 0 Å². The van der Waals surface area contributed by atoms with Crippen LogP contribution in [0, 0.1) is 0 Å². The van der Waals surface area contributed by atoms with Gasteiger partial charge in [0.1, 0.15) is 0 Å². The average Bonchev–Trinajstić information content (AvgIpc) is 2.47. The zero-order chi connectivity index (χ0) is 8.67. The van der Waals surface area contributed by atoms with E-state index < -0.39 is 0 Å². The summed E-state index contributed by atoms with van der Waals surface area (Å²) in [6.07, 6.45) is 3.98. The molecule has 0 spiro atoms. The molecule has 1 aliphatic heterocycles. The molecule has 1 saturated heterocycles. The maximum Gasteiger partial charge on any atom is 0.00886 e. The first kappa shape index (κ1) is 7.57. The molecule has 0 saturated carbocycles. The third kappa shape index (κ3) is 1.19. The first-order valence-electron chi connectivity index (χ1n) is 5.26. The van der Waals surface area contributed by atoms with Gasteiger partial charge in [0.2, 0.25) is 0 Å². The third-order valence-corrected chi connectivity index (χ3v) is 3.38. The molecule has 68 valence electrons. The Balaban J connectivity index is 1.95. The Bertz CT molecular complexity index is 326. The van der Waals surface area contributed by atoms with Gasteiger partial charge in [-0.1, -0.05) is 18.2 Å². The van der Waals surface area contributed by atoms with E-state index in [4.69, 9.17) is 0 Å². The molecule has 1 aromatic carbocycles. The zero-order valence-electron chi connectivity index (χ0n) is 7.84. The Kier molecular flexibility index (Phi) is 1.66. The molecule has 1 fully saturated rings. The third-order valence-electron chi connectivity index (χ3n) is 3.38. The van der Waals surface area contributed by atoms with E-state index in [0.29, 0.717) is 0 Å². The Hall–Kier alpha value is -0.820. The van der Waals surface area contributed by atoms with Gasteiger partial charge in [0, 0.05) is 19.0 Å². The van der Waals surface area contributed by atoms with Gasteiger partial charge in [-0.15, -0.1) is 0 Å². The maximum absolute atomic E-state index is 3.33. The lowest BCUT2D eigenvalue weighted by molar-refractivity contribution is 0.448. The molecule has 1 aliphatic carbocycles.